The Balaban J connectivity index is 1.98. The van der Waals surface area contributed by atoms with E-state index in [2.05, 4.69) is 200 Å². The van der Waals surface area contributed by atoms with Crippen LogP contribution in [-0.4, -0.2) is 69.8 Å². The molecule has 0 amide bonds. The summed E-state index contributed by atoms with van der Waals surface area (Å²) in [7, 11) is -4.72. The number of hydrogen-bond donors (Lipinski definition) is 0. The van der Waals surface area contributed by atoms with Crippen molar-refractivity contribution < 1.29 is 22.8 Å². The zero-order chi connectivity index (χ0) is 39.0. The van der Waals surface area contributed by atoms with Gasteiger partial charge in [0.2, 0.25) is 0 Å². The molecule has 0 bridgehead atoms. The lowest BCUT2D eigenvalue weighted by Gasteiger charge is -2.48. The zero-order valence-electron chi connectivity index (χ0n) is 35.3. The average molecular weight is 761 g/mol. The van der Waals surface area contributed by atoms with Crippen LogP contribution in [0.1, 0.15) is 79.0 Å². The molecule has 1 saturated heterocycles. The number of rotatable bonds is 13. The minimum absolute atomic E-state index is 0.00790. The molecular weight excluding hydrogens is 692 g/mol. The van der Waals surface area contributed by atoms with Gasteiger partial charge in [0.25, 0.3) is 0 Å². The van der Waals surface area contributed by atoms with Crippen LogP contribution in [-0.2, 0) is 28.4 Å². The predicted octanol–water partition coefficient (Wildman–Crippen LogP) is 10.5. The van der Waals surface area contributed by atoms with Gasteiger partial charge in [0.15, 0.2) is 25.0 Å². The van der Waals surface area contributed by atoms with E-state index in [1.54, 1.807) is 0 Å². The van der Waals surface area contributed by atoms with Crippen molar-refractivity contribution in [1.29, 1.82) is 0 Å². The molecule has 0 aromatic heterocycles. The Morgan fingerprint density at radius 2 is 0.923 bits per heavy atom. The Bertz CT molecular complexity index is 1480. The minimum atomic E-state index is -2.37. The van der Waals surface area contributed by atoms with E-state index in [4.69, 9.17) is 22.8 Å². The SMILES string of the molecule is B[C@@H]1O[C@](COC(c2ccccc2)(c2ccccc2)c2ccccc2)(CO[Si](C)(C)C(C)(C)C)[C@@H](O[Si](C)(C)C(C)(C)C)C1O[Si](C)(C)C(C)(C)C. The van der Waals surface area contributed by atoms with Gasteiger partial charge < -0.3 is 22.8 Å². The van der Waals surface area contributed by atoms with Gasteiger partial charge >= 0.3 is 0 Å². The quantitative estimate of drug-likeness (QED) is 0.128. The largest absolute Gasteiger partial charge is 0.414 e. The first kappa shape index (κ1) is 42.9. The molecule has 4 rings (SSSR count). The minimum Gasteiger partial charge on any atom is -0.414 e. The molecule has 3 aromatic rings. The summed E-state index contributed by atoms with van der Waals surface area (Å²) in [6.45, 7) is 35.2. The van der Waals surface area contributed by atoms with Gasteiger partial charge in [-0.25, -0.2) is 0 Å². The molecule has 0 spiro atoms. The topological polar surface area (TPSA) is 46.2 Å². The van der Waals surface area contributed by atoms with Gasteiger partial charge in [-0.15, -0.1) is 0 Å². The van der Waals surface area contributed by atoms with Gasteiger partial charge in [0.05, 0.1) is 25.3 Å². The van der Waals surface area contributed by atoms with Crippen molar-refractivity contribution in [2.45, 2.75) is 146 Å². The molecular formula is C43H69BO5Si3. The maximum atomic E-state index is 7.65. The first-order valence-corrected chi connectivity index (χ1v) is 28.0. The molecule has 0 aliphatic carbocycles. The van der Waals surface area contributed by atoms with E-state index in [1.165, 1.54) is 0 Å². The number of hydrogen-bond acceptors (Lipinski definition) is 5. The highest BCUT2D eigenvalue weighted by Crippen LogP contribution is 2.49. The molecule has 0 N–H and O–H groups in total. The highest BCUT2D eigenvalue weighted by Gasteiger charge is 2.61. The Labute approximate surface area is 321 Å². The zero-order valence-corrected chi connectivity index (χ0v) is 38.3. The molecule has 1 aliphatic heterocycles. The monoisotopic (exact) mass is 760 g/mol. The van der Waals surface area contributed by atoms with Gasteiger partial charge in [0.1, 0.15) is 25.2 Å². The van der Waals surface area contributed by atoms with Crippen LogP contribution in [0.25, 0.3) is 0 Å². The average Bonchev–Trinajstić information content (AvgIpc) is 3.29. The molecule has 1 fully saturated rings. The van der Waals surface area contributed by atoms with Crippen LogP contribution in [0, 0.1) is 0 Å². The maximum absolute atomic E-state index is 7.65. The molecule has 5 nitrogen and oxygen atoms in total. The molecule has 286 valence electrons. The van der Waals surface area contributed by atoms with Crippen molar-refractivity contribution in [2.75, 3.05) is 13.2 Å². The molecule has 0 saturated carbocycles. The van der Waals surface area contributed by atoms with E-state index < -0.39 is 42.3 Å². The third-order valence-electron chi connectivity index (χ3n) is 12.7. The summed E-state index contributed by atoms with van der Waals surface area (Å²) in [5.41, 5.74) is 1.26. The third-order valence-corrected chi connectivity index (χ3v) is 26.1. The molecule has 3 aromatic carbocycles. The normalized spacial score (nSPS) is 22.5. The summed E-state index contributed by atoms with van der Waals surface area (Å²) >= 11 is 0. The fraction of sp³-hybridized carbons (Fsp3) is 0.581. The highest BCUT2D eigenvalue weighted by molar-refractivity contribution is 6.75. The molecule has 1 aliphatic rings. The van der Waals surface area contributed by atoms with Crippen LogP contribution in [0.2, 0.25) is 54.4 Å². The van der Waals surface area contributed by atoms with Gasteiger partial charge in [-0.1, -0.05) is 153 Å². The van der Waals surface area contributed by atoms with Gasteiger partial charge in [-0.3, -0.25) is 0 Å². The van der Waals surface area contributed by atoms with Gasteiger partial charge in [0, 0.05) is 0 Å². The van der Waals surface area contributed by atoms with Gasteiger partial charge in [-0.2, -0.15) is 0 Å². The van der Waals surface area contributed by atoms with Crippen LogP contribution in [0.5, 0.6) is 0 Å². The van der Waals surface area contributed by atoms with Crippen molar-refractivity contribution in [3.8, 4) is 0 Å². The highest BCUT2D eigenvalue weighted by atomic mass is 28.4. The summed E-state index contributed by atoms with van der Waals surface area (Å²) in [4.78, 5) is 0. The molecule has 4 atom stereocenters. The molecule has 52 heavy (non-hydrogen) atoms. The Morgan fingerprint density at radius 1 is 0.558 bits per heavy atom. The Morgan fingerprint density at radius 3 is 1.29 bits per heavy atom. The fourth-order valence-corrected chi connectivity index (χ4v) is 9.91. The van der Waals surface area contributed by atoms with Crippen molar-refractivity contribution in [3.05, 3.63) is 108 Å². The van der Waals surface area contributed by atoms with Crippen molar-refractivity contribution in [2.24, 2.45) is 0 Å². The standard InChI is InChI=1S/C43H69BO5Si3/c1-39(2,3)50(10,11)46-32-42(37(49-52(14,15)41(7,8)9)36(38(44)47-42)48-51(12,13)40(4,5)6)31-45-43(33-25-19-16-20-26-33,34-27-21-17-22-28-34)35-29-23-18-24-30-35/h16-30,36-38H,31-32,44H2,1-15H3/t36?,37-,38+,42+/m0/s1. The van der Waals surface area contributed by atoms with Crippen LogP contribution < -0.4 is 0 Å². The van der Waals surface area contributed by atoms with E-state index in [1.807, 2.05) is 0 Å². The molecule has 1 unspecified atom stereocenters. The van der Waals surface area contributed by atoms with Crippen LogP contribution in [0.15, 0.2) is 91.0 Å². The van der Waals surface area contributed by atoms with E-state index >= 15 is 0 Å². The molecule has 0 radical (unpaired) electrons. The lowest BCUT2D eigenvalue weighted by Crippen LogP contribution is -2.61. The van der Waals surface area contributed by atoms with E-state index in [-0.39, 0.29) is 33.8 Å². The summed E-state index contributed by atoms with van der Waals surface area (Å²) in [6.07, 6.45) is -0.705. The third kappa shape index (κ3) is 8.83. The molecule has 1 heterocycles. The predicted molar refractivity (Wildman–Crippen MR) is 229 cm³/mol. The maximum Gasteiger partial charge on any atom is 0.192 e. The van der Waals surface area contributed by atoms with Gasteiger partial charge in [-0.05, 0) is 71.1 Å². The van der Waals surface area contributed by atoms with Crippen LogP contribution >= 0.6 is 0 Å². The van der Waals surface area contributed by atoms with Crippen molar-refractivity contribution in [1.82, 2.24) is 0 Å². The van der Waals surface area contributed by atoms with E-state index in [0.29, 0.717) is 6.61 Å². The van der Waals surface area contributed by atoms with Crippen LogP contribution in [0.4, 0.5) is 0 Å². The lowest BCUT2D eigenvalue weighted by molar-refractivity contribution is -0.154. The fourth-order valence-electron chi connectivity index (χ4n) is 6.19. The van der Waals surface area contributed by atoms with E-state index in [9.17, 15) is 0 Å². The second-order valence-corrected chi connectivity index (χ2v) is 34.0. The summed E-state index contributed by atoms with van der Waals surface area (Å²) < 4.78 is 37.3. The van der Waals surface area contributed by atoms with Crippen LogP contribution in [0.3, 0.4) is 0 Å². The smallest absolute Gasteiger partial charge is 0.192 e. The summed E-state index contributed by atoms with van der Waals surface area (Å²) in [5.74, 6) is 0. The Kier molecular flexibility index (Phi) is 12.7. The first-order chi connectivity index (χ1) is 23.8. The van der Waals surface area contributed by atoms with E-state index in [0.717, 1.165) is 16.7 Å². The van der Waals surface area contributed by atoms with Crippen molar-refractivity contribution in [3.63, 3.8) is 0 Å². The van der Waals surface area contributed by atoms with Crippen molar-refractivity contribution >= 4 is 32.8 Å². The molecule has 9 heteroatoms. The number of benzene rings is 3. The second kappa shape index (κ2) is 15.4. The first-order valence-electron chi connectivity index (χ1n) is 19.3. The number of ether oxygens (including phenoxy) is 2. The lowest BCUT2D eigenvalue weighted by atomic mass is 9.79. The summed E-state index contributed by atoms with van der Waals surface area (Å²) in [6, 6.07) is 31.5. The second-order valence-electron chi connectivity index (χ2n) is 19.6. The summed E-state index contributed by atoms with van der Waals surface area (Å²) in [5, 5.41) is -0.0141. The Hall–Kier alpha value is -1.82.